The van der Waals surface area contributed by atoms with E-state index in [1.807, 2.05) is 6.92 Å². The maximum atomic E-state index is 13.0. The van der Waals surface area contributed by atoms with Crippen LogP contribution < -0.4 is 5.73 Å². The SMILES string of the molecule is CC(O)c1ncc(-c2cnn3c(N)c(S(C)(=O)=O)c(CC[C@H]4CC[C@@H](C)N4C(=O)c4ncn[nH]4)nc23)s1. The molecule has 1 unspecified atom stereocenters. The lowest BCUT2D eigenvalue weighted by molar-refractivity contribution is 0.0660. The first-order chi connectivity index (χ1) is 17.6. The number of amides is 1. The Morgan fingerprint density at radius 1 is 1.32 bits per heavy atom. The summed E-state index contributed by atoms with van der Waals surface area (Å²) in [5, 5.41) is 21.1. The number of likely N-dealkylation sites (tertiary alicyclic amines) is 1. The first-order valence-electron chi connectivity index (χ1n) is 11.7. The molecule has 0 aromatic carbocycles. The Balaban J connectivity index is 1.52. The van der Waals surface area contributed by atoms with Gasteiger partial charge in [-0.1, -0.05) is 0 Å². The highest BCUT2D eigenvalue weighted by Crippen LogP contribution is 2.35. The number of carbonyl (C=O) groups is 1. The number of aryl methyl sites for hydroxylation is 1. The third-order valence-corrected chi connectivity index (χ3v) is 8.96. The van der Waals surface area contributed by atoms with Crippen LogP contribution in [0.2, 0.25) is 0 Å². The predicted octanol–water partition coefficient (Wildman–Crippen LogP) is 1.64. The highest BCUT2D eigenvalue weighted by atomic mass is 32.2. The van der Waals surface area contributed by atoms with E-state index in [1.165, 1.54) is 22.2 Å². The van der Waals surface area contributed by atoms with Gasteiger partial charge in [-0.2, -0.15) is 14.7 Å². The van der Waals surface area contributed by atoms with Crippen molar-refractivity contribution in [1.82, 2.24) is 39.7 Å². The topological polar surface area (TPSA) is 185 Å². The highest BCUT2D eigenvalue weighted by Gasteiger charge is 2.36. The lowest BCUT2D eigenvalue weighted by Gasteiger charge is -2.28. The number of nitrogens with one attached hydrogen (secondary N) is 1. The van der Waals surface area contributed by atoms with Crippen LogP contribution in [0.1, 0.15) is 60.5 Å². The summed E-state index contributed by atoms with van der Waals surface area (Å²) in [6, 6.07) is -0.118. The quantitative estimate of drug-likeness (QED) is 0.308. The number of rotatable bonds is 7. The van der Waals surface area contributed by atoms with E-state index >= 15 is 0 Å². The zero-order valence-electron chi connectivity index (χ0n) is 20.5. The van der Waals surface area contributed by atoms with Crippen LogP contribution in [0, 0.1) is 0 Å². The van der Waals surface area contributed by atoms with Crippen molar-refractivity contribution in [1.29, 1.82) is 0 Å². The second kappa shape index (κ2) is 9.46. The van der Waals surface area contributed by atoms with Gasteiger partial charge in [0, 0.05) is 24.5 Å². The maximum absolute atomic E-state index is 13.0. The van der Waals surface area contributed by atoms with Crippen LogP contribution in [0.15, 0.2) is 23.6 Å². The lowest BCUT2D eigenvalue weighted by Crippen LogP contribution is -2.40. The molecule has 1 fully saturated rings. The molecule has 13 nitrogen and oxygen atoms in total. The number of hydrogen-bond acceptors (Lipinski definition) is 11. The van der Waals surface area contributed by atoms with Crippen molar-refractivity contribution < 1.29 is 18.3 Å². The summed E-state index contributed by atoms with van der Waals surface area (Å²) in [7, 11) is -3.73. The number of sulfone groups is 1. The van der Waals surface area contributed by atoms with Gasteiger partial charge in [-0.05, 0) is 39.5 Å². The molecule has 0 radical (unpaired) electrons. The number of aliphatic hydroxyl groups excluding tert-OH is 1. The highest BCUT2D eigenvalue weighted by molar-refractivity contribution is 7.91. The maximum Gasteiger partial charge on any atom is 0.291 e. The normalized spacial score (nSPS) is 19.1. The molecule has 0 bridgehead atoms. The zero-order valence-corrected chi connectivity index (χ0v) is 22.1. The number of nitrogens with two attached hydrogens (primary N) is 1. The monoisotopic (exact) mass is 545 g/mol. The van der Waals surface area contributed by atoms with Gasteiger partial charge in [-0.3, -0.25) is 9.89 Å². The van der Waals surface area contributed by atoms with Crippen molar-refractivity contribution in [2.45, 2.75) is 62.6 Å². The first-order valence-corrected chi connectivity index (χ1v) is 14.4. The van der Waals surface area contributed by atoms with Gasteiger partial charge in [0.15, 0.2) is 15.5 Å². The number of nitrogens with zero attached hydrogens (tertiary/aromatic N) is 7. The van der Waals surface area contributed by atoms with E-state index < -0.39 is 15.9 Å². The fraction of sp³-hybridized carbons (Fsp3) is 0.455. The molecule has 196 valence electrons. The molecule has 4 aromatic heterocycles. The number of aromatic amines is 1. The van der Waals surface area contributed by atoms with E-state index in [4.69, 9.17) is 10.7 Å². The number of aromatic nitrogens is 7. The Bertz CT molecular complexity index is 1560. The van der Waals surface area contributed by atoms with Gasteiger partial charge in [0.2, 0.25) is 5.82 Å². The molecule has 3 atom stereocenters. The molecule has 0 aliphatic carbocycles. The van der Waals surface area contributed by atoms with Crippen LogP contribution >= 0.6 is 11.3 Å². The Labute approximate surface area is 216 Å². The van der Waals surface area contributed by atoms with E-state index in [0.717, 1.165) is 24.0 Å². The molecule has 4 aromatic rings. The molecule has 15 heteroatoms. The second-order valence-electron chi connectivity index (χ2n) is 9.24. The molecule has 1 amide bonds. The van der Waals surface area contributed by atoms with E-state index in [-0.39, 0.29) is 40.9 Å². The molecule has 5 rings (SSSR count). The van der Waals surface area contributed by atoms with Gasteiger partial charge in [0.05, 0.1) is 22.3 Å². The minimum Gasteiger partial charge on any atom is -0.386 e. The smallest absolute Gasteiger partial charge is 0.291 e. The van der Waals surface area contributed by atoms with Crippen molar-refractivity contribution in [3.05, 3.63) is 35.2 Å². The molecular formula is C22H27N9O4S2. The number of fused-ring (bicyclic) bond motifs is 1. The molecule has 1 saturated heterocycles. The van der Waals surface area contributed by atoms with Crippen LogP contribution in [0.4, 0.5) is 5.82 Å². The average Bonchev–Trinajstić information content (AvgIpc) is 3.62. The van der Waals surface area contributed by atoms with E-state index in [9.17, 15) is 18.3 Å². The van der Waals surface area contributed by atoms with Crippen LogP contribution in [0.5, 0.6) is 0 Å². The van der Waals surface area contributed by atoms with Gasteiger partial charge >= 0.3 is 0 Å². The summed E-state index contributed by atoms with van der Waals surface area (Å²) >= 11 is 1.30. The largest absolute Gasteiger partial charge is 0.386 e. The van der Waals surface area contributed by atoms with Gasteiger partial charge in [-0.15, -0.1) is 11.3 Å². The summed E-state index contributed by atoms with van der Waals surface area (Å²) in [6.45, 7) is 3.61. The van der Waals surface area contributed by atoms with Crippen LogP contribution in [-0.4, -0.2) is 77.4 Å². The number of H-pyrrole nitrogens is 1. The Morgan fingerprint density at radius 3 is 2.76 bits per heavy atom. The van der Waals surface area contributed by atoms with E-state index in [0.29, 0.717) is 28.3 Å². The minimum absolute atomic E-state index is 0.00774. The van der Waals surface area contributed by atoms with Gasteiger partial charge < -0.3 is 15.7 Å². The molecule has 0 spiro atoms. The third-order valence-electron chi connectivity index (χ3n) is 6.58. The van der Waals surface area contributed by atoms with Crippen molar-refractivity contribution in [2.24, 2.45) is 0 Å². The summed E-state index contributed by atoms with van der Waals surface area (Å²) < 4.78 is 26.9. The summed E-state index contributed by atoms with van der Waals surface area (Å²) in [4.78, 5) is 28.4. The summed E-state index contributed by atoms with van der Waals surface area (Å²) in [5.41, 5.74) is 7.69. The number of carbonyl (C=O) groups excluding carboxylic acids is 1. The molecular weight excluding hydrogens is 518 g/mol. The standard InChI is InChI=1S/C22H27N9O4S2/c1-11-4-5-13(30(11)22(33)19-25-10-26-29-19)6-7-15-17(37(3,34)35)18(23)31-20(28-15)14(8-27-31)16-9-24-21(36-16)12(2)32/h8-13,32H,4-7,23H2,1-3H3,(H,25,26,29)/t11-,12?,13-/m1/s1. The van der Waals surface area contributed by atoms with Crippen LogP contribution in [0.25, 0.3) is 16.1 Å². The molecule has 1 aliphatic heterocycles. The number of anilines is 1. The van der Waals surface area contributed by atoms with Gasteiger partial charge in [0.25, 0.3) is 5.91 Å². The van der Waals surface area contributed by atoms with Crippen molar-refractivity contribution in [2.75, 3.05) is 12.0 Å². The fourth-order valence-electron chi connectivity index (χ4n) is 4.86. The first kappa shape index (κ1) is 25.2. The Morgan fingerprint density at radius 2 is 2.11 bits per heavy atom. The third kappa shape index (κ3) is 4.57. The molecule has 0 saturated carbocycles. The predicted molar refractivity (Wildman–Crippen MR) is 136 cm³/mol. The number of thiazole rings is 1. The van der Waals surface area contributed by atoms with Crippen molar-refractivity contribution in [3.63, 3.8) is 0 Å². The Kier molecular flexibility index (Phi) is 6.45. The van der Waals surface area contributed by atoms with E-state index in [1.54, 1.807) is 24.2 Å². The number of hydrogen-bond donors (Lipinski definition) is 3. The van der Waals surface area contributed by atoms with Crippen LogP contribution in [0.3, 0.4) is 0 Å². The second-order valence-corrected chi connectivity index (χ2v) is 12.3. The molecule has 5 heterocycles. The molecule has 1 aliphatic rings. The van der Waals surface area contributed by atoms with E-state index in [2.05, 4.69) is 25.3 Å². The van der Waals surface area contributed by atoms with Gasteiger partial charge in [0.1, 0.15) is 28.2 Å². The van der Waals surface area contributed by atoms with Crippen LogP contribution in [-0.2, 0) is 16.3 Å². The number of nitrogen functional groups attached to an aromatic ring is 1. The summed E-state index contributed by atoms with van der Waals surface area (Å²) in [5.74, 6) is -0.0938. The van der Waals surface area contributed by atoms with Gasteiger partial charge in [-0.25, -0.2) is 23.4 Å². The minimum atomic E-state index is -3.73. The van der Waals surface area contributed by atoms with Crippen molar-refractivity contribution in [3.8, 4) is 10.4 Å². The summed E-state index contributed by atoms with van der Waals surface area (Å²) in [6.07, 6.45) is 7.22. The fourth-order valence-corrected chi connectivity index (χ4v) is 6.76. The lowest BCUT2D eigenvalue weighted by atomic mass is 10.1. The Hall–Kier alpha value is -3.43. The average molecular weight is 546 g/mol. The van der Waals surface area contributed by atoms with Crippen molar-refractivity contribution >= 4 is 38.5 Å². The molecule has 37 heavy (non-hydrogen) atoms. The number of aliphatic hydroxyl groups is 1. The molecule has 4 N–H and O–H groups in total. The zero-order chi connectivity index (χ0) is 26.5.